The van der Waals surface area contributed by atoms with Crippen molar-refractivity contribution in [2.75, 3.05) is 6.54 Å². The van der Waals surface area contributed by atoms with Gasteiger partial charge in [-0.15, -0.1) is 0 Å². The fraction of sp³-hybridized carbons (Fsp3) is 0.765. The molecule has 3 nitrogen and oxygen atoms in total. The van der Waals surface area contributed by atoms with Gasteiger partial charge in [-0.1, -0.05) is 13.8 Å². The number of aromatic nitrogens is 2. The highest BCUT2D eigenvalue weighted by molar-refractivity contribution is 5.29. The van der Waals surface area contributed by atoms with Gasteiger partial charge in [0.15, 0.2) is 0 Å². The Labute approximate surface area is 122 Å². The van der Waals surface area contributed by atoms with E-state index in [0.29, 0.717) is 5.92 Å². The predicted molar refractivity (Wildman–Crippen MR) is 82.0 cm³/mol. The first-order valence-corrected chi connectivity index (χ1v) is 8.27. The van der Waals surface area contributed by atoms with Crippen LogP contribution in [0.25, 0.3) is 0 Å². The average molecular weight is 273 g/mol. The third kappa shape index (κ3) is 3.03. The van der Waals surface area contributed by atoms with Gasteiger partial charge in [-0.25, -0.2) is 9.97 Å². The van der Waals surface area contributed by atoms with Crippen LogP contribution in [-0.4, -0.2) is 22.6 Å². The van der Waals surface area contributed by atoms with E-state index in [-0.39, 0.29) is 0 Å². The van der Waals surface area contributed by atoms with Gasteiger partial charge in [0.1, 0.15) is 5.82 Å². The van der Waals surface area contributed by atoms with Gasteiger partial charge in [-0.05, 0) is 63.5 Å². The van der Waals surface area contributed by atoms with Crippen molar-refractivity contribution in [3.8, 4) is 0 Å². The molecule has 2 atom stereocenters. The Bertz CT molecular complexity index is 479. The number of rotatable bonds is 5. The summed E-state index contributed by atoms with van der Waals surface area (Å²) in [6, 6.07) is 0.821. The molecule has 0 radical (unpaired) electrons. The molecule has 1 N–H and O–H groups in total. The first kappa shape index (κ1) is 14.0. The zero-order valence-electron chi connectivity index (χ0n) is 13.1. The maximum absolute atomic E-state index is 4.86. The molecule has 1 saturated carbocycles. The first-order chi connectivity index (χ1) is 9.67. The van der Waals surface area contributed by atoms with E-state index in [1.807, 2.05) is 0 Å². The molecule has 0 spiro atoms. The quantitative estimate of drug-likeness (QED) is 0.895. The maximum atomic E-state index is 4.86. The van der Waals surface area contributed by atoms with E-state index in [0.717, 1.165) is 30.6 Å². The van der Waals surface area contributed by atoms with Crippen molar-refractivity contribution in [1.29, 1.82) is 0 Å². The Morgan fingerprint density at radius 1 is 1.25 bits per heavy atom. The van der Waals surface area contributed by atoms with Crippen molar-refractivity contribution in [2.24, 2.45) is 5.92 Å². The van der Waals surface area contributed by atoms with Gasteiger partial charge >= 0.3 is 0 Å². The molecule has 3 rings (SSSR count). The summed E-state index contributed by atoms with van der Waals surface area (Å²) in [5, 5.41) is 3.67. The summed E-state index contributed by atoms with van der Waals surface area (Å²) in [7, 11) is 0. The van der Waals surface area contributed by atoms with Crippen molar-refractivity contribution in [1.82, 2.24) is 15.3 Å². The summed E-state index contributed by atoms with van der Waals surface area (Å²) in [4.78, 5) is 9.62. The number of nitrogens with zero attached hydrogens (tertiary/aromatic N) is 2. The largest absolute Gasteiger partial charge is 0.314 e. The molecule has 1 heterocycles. The molecule has 1 fully saturated rings. The van der Waals surface area contributed by atoms with E-state index in [1.54, 1.807) is 0 Å². The van der Waals surface area contributed by atoms with E-state index in [2.05, 4.69) is 26.1 Å². The normalized spacial score (nSPS) is 23.4. The van der Waals surface area contributed by atoms with Crippen LogP contribution in [-0.2, 0) is 12.8 Å². The van der Waals surface area contributed by atoms with Crippen molar-refractivity contribution in [3.63, 3.8) is 0 Å². The van der Waals surface area contributed by atoms with Crippen molar-refractivity contribution >= 4 is 0 Å². The predicted octanol–water partition coefficient (Wildman–Crippen LogP) is 3.16. The van der Waals surface area contributed by atoms with Crippen molar-refractivity contribution < 1.29 is 0 Å². The number of hydrogen-bond acceptors (Lipinski definition) is 3. The molecule has 0 amide bonds. The van der Waals surface area contributed by atoms with Crippen LogP contribution < -0.4 is 5.32 Å². The molecule has 0 saturated heterocycles. The van der Waals surface area contributed by atoms with E-state index >= 15 is 0 Å². The molecule has 0 aromatic carbocycles. The number of aryl methyl sites for hydroxylation is 2. The van der Waals surface area contributed by atoms with Crippen LogP contribution in [0.4, 0.5) is 0 Å². The second kappa shape index (κ2) is 5.80. The second-order valence-corrected chi connectivity index (χ2v) is 6.69. The number of hydrogen-bond donors (Lipinski definition) is 1. The van der Waals surface area contributed by atoms with Crippen LogP contribution in [0, 0.1) is 12.8 Å². The van der Waals surface area contributed by atoms with Gasteiger partial charge in [-0.3, -0.25) is 0 Å². The fourth-order valence-corrected chi connectivity index (χ4v) is 3.08. The van der Waals surface area contributed by atoms with Crippen molar-refractivity contribution in [2.45, 2.75) is 71.3 Å². The highest BCUT2D eigenvalue weighted by atomic mass is 15.0. The lowest BCUT2D eigenvalue weighted by molar-refractivity contribution is 0.415. The van der Waals surface area contributed by atoms with Crippen LogP contribution >= 0.6 is 0 Å². The molecule has 1 aromatic rings. The molecule has 110 valence electrons. The molecule has 2 unspecified atom stereocenters. The first-order valence-electron chi connectivity index (χ1n) is 8.27. The lowest BCUT2D eigenvalue weighted by Gasteiger charge is -2.26. The Kier molecular flexibility index (Phi) is 4.06. The van der Waals surface area contributed by atoms with Crippen LogP contribution in [0.1, 0.15) is 68.2 Å². The van der Waals surface area contributed by atoms with Crippen LogP contribution in [0.2, 0.25) is 0 Å². The Hall–Kier alpha value is -0.960. The van der Waals surface area contributed by atoms with Crippen LogP contribution in [0.3, 0.4) is 0 Å². The standard InChI is InChI=1S/C17H27N3/c1-4-11(2)17-19-12(3)15-9-13(5-8-16(15)20-17)10-18-14-6-7-14/h11,13-14,18H,4-10H2,1-3H3. The molecule has 1 aromatic heterocycles. The second-order valence-electron chi connectivity index (χ2n) is 6.69. The Morgan fingerprint density at radius 2 is 2.05 bits per heavy atom. The van der Waals surface area contributed by atoms with E-state index in [4.69, 9.17) is 9.97 Å². The number of nitrogens with one attached hydrogen (secondary N) is 1. The van der Waals surface area contributed by atoms with Crippen LogP contribution in [0.5, 0.6) is 0 Å². The Morgan fingerprint density at radius 3 is 2.75 bits per heavy atom. The molecule has 0 aliphatic heterocycles. The maximum Gasteiger partial charge on any atom is 0.131 e. The minimum atomic E-state index is 0.480. The molecule has 3 heteroatoms. The van der Waals surface area contributed by atoms with E-state index in [9.17, 15) is 0 Å². The molecule has 0 bridgehead atoms. The molecule has 2 aliphatic carbocycles. The third-order valence-electron chi connectivity index (χ3n) is 4.92. The summed E-state index contributed by atoms with van der Waals surface area (Å²) in [5.41, 5.74) is 3.99. The van der Waals surface area contributed by atoms with Crippen LogP contribution in [0.15, 0.2) is 0 Å². The molecular formula is C17H27N3. The van der Waals surface area contributed by atoms with Gasteiger partial charge in [0.25, 0.3) is 0 Å². The SMILES string of the molecule is CCC(C)c1nc(C)c2c(n1)CCC(CNC1CC1)C2. The zero-order valence-corrected chi connectivity index (χ0v) is 13.1. The minimum Gasteiger partial charge on any atom is -0.314 e. The number of fused-ring (bicyclic) bond motifs is 1. The summed E-state index contributed by atoms with van der Waals surface area (Å²) >= 11 is 0. The highest BCUT2D eigenvalue weighted by Gasteiger charge is 2.26. The topological polar surface area (TPSA) is 37.8 Å². The fourth-order valence-electron chi connectivity index (χ4n) is 3.08. The lowest BCUT2D eigenvalue weighted by atomic mass is 9.85. The van der Waals surface area contributed by atoms with Crippen molar-refractivity contribution in [3.05, 3.63) is 22.8 Å². The molecule has 20 heavy (non-hydrogen) atoms. The highest BCUT2D eigenvalue weighted by Crippen LogP contribution is 2.28. The summed E-state index contributed by atoms with van der Waals surface area (Å²) < 4.78 is 0. The third-order valence-corrected chi connectivity index (χ3v) is 4.92. The molecule has 2 aliphatic rings. The smallest absolute Gasteiger partial charge is 0.131 e. The van der Waals surface area contributed by atoms with Gasteiger partial charge in [0, 0.05) is 23.3 Å². The minimum absolute atomic E-state index is 0.480. The molecular weight excluding hydrogens is 246 g/mol. The lowest BCUT2D eigenvalue weighted by Crippen LogP contribution is -2.30. The van der Waals surface area contributed by atoms with Gasteiger partial charge < -0.3 is 5.32 Å². The summed E-state index contributed by atoms with van der Waals surface area (Å²) in [6.07, 6.45) is 7.46. The summed E-state index contributed by atoms with van der Waals surface area (Å²) in [5.74, 6) is 2.31. The monoisotopic (exact) mass is 273 g/mol. The zero-order chi connectivity index (χ0) is 14.1. The van der Waals surface area contributed by atoms with E-state index < -0.39 is 0 Å². The van der Waals surface area contributed by atoms with Gasteiger partial charge in [0.2, 0.25) is 0 Å². The van der Waals surface area contributed by atoms with Gasteiger partial charge in [0.05, 0.1) is 0 Å². The average Bonchev–Trinajstić information content (AvgIpc) is 3.28. The van der Waals surface area contributed by atoms with Gasteiger partial charge in [-0.2, -0.15) is 0 Å². The summed E-state index contributed by atoms with van der Waals surface area (Å²) in [6.45, 7) is 7.79. The van der Waals surface area contributed by atoms with E-state index in [1.165, 1.54) is 49.2 Å². The Balaban J connectivity index is 1.72.